The number of benzene rings is 1. The van der Waals surface area contributed by atoms with Crippen LogP contribution in [0.5, 0.6) is 0 Å². The number of amides is 1. The van der Waals surface area contributed by atoms with E-state index in [2.05, 4.69) is 22.1 Å². The number of pyridine rings is 1. The summed E-state index contributed by atoms with van der Waals surface area (Å²) < 4.78 is 0. The molecule has 2 N–H and O–H groups in total. The van der Waals surface area contributed by atoms with Crippen molar-refractivity contribution in [3.63, 3.8) is 0 Å². The molecule has 0 radical (unpaired) electrons. The molecular formula is C15H11ClN2O2. The van der Waals surface area contributed by atoms with Crippen molar-refractivity contribution in [1.29, 1.82) is 0 Å². The van der Waals surface area contributed by atoms with Gasteiger partial charge in [0, 0.05) is 16.9 Å². The molecular weight excluding hydrogens is 276 g/mol. The minimum absolute atomic E-state index is 0.202. The maximum Gasteiger partial charge on any atom is 0.275 e. The maximum absolute atomic E-state index is 12.2. The molecule has 0 bridgehead atoms. The van der Waals surface area contributed by atoms with Gasteiger partial charge in [-0.2, -0.15) is 0 Å². The van der Waals surface area contributed by atoms with Crippen LogP contribution in [0.2, 0.25) is 5.02 Å². The van der Waals surface area contributed by atoms with E-state index in [-0.39, 0.29) is 18.2 Å². The molecule has 0 unspecified atom stereocenters. The Labute approximate surface area is 121 Å². The lowest BCUT2D eigenvalue weighted by Gasteiger charge is -2.06. The second-order valence-corrected chi connectivity index (χ2v) is 4.26. The highest BCUT2D eigenvalue weighted by atomic mass is 35.5. The lowest BCUT2D eigenvalue weighted by molar-refractivity contribution is 0.102. The van der Waals surface area contributed by atoms with Gasteiger partial charge >= 0.3 is 0 Å². The molecule has 0 aliphatic heterocycles. The summed E-state index contributed by atoms with van der Waals surface area (Å²) in [4.78, 5) is 16.2. The van der Waals surface area contributed by atoms with Gasteiger partial charge in [-0.05, 0) is 30.3 Å². The standard InChI is InChI=1S/C15H11ClN2O2/c16-12-6-1-7-13(10-12)18-15(20)14-11(5-3-9-19)4-2-8-17-14/h1-2,4,6-8,10,19H,9H2,(H,18,20). The van der Waals surface area contributed by atoms with Crippen LogP contribution in [0.25, 0.3) is 0 Å². The quantitative estimate of drug-likeness (QED) is 0.833. The largest absolute Gasteiger partial charge is 0.384 e. The van der Waals surface area contributed by atoms with Crippen molar-refractivity contribution in [3.05, 3.63) is 58.9 Å². The van der Waals surface area contributed by atoms with Crippen molar-refractivity contribution in [2.45, 2.75) is 0 Å². The maximum atomic E-state index is 12.2. The number of aliphatic hydroxyl groups excluding tert-OH is 1. The van der Waals surface area contributed by atoms with Gasteiger partial charge in [-0.15, -0.1) is 0 Å². The van der Waals surface area contributed by atoms with Crippen molar-refractivity contribution in [2.24, 2.45) is 0 Å². The van der Waals surface area contributed by atoms with Gasteiger partial charge in [0.05, 0.1) is 5.56 Å². The summed E-state index contributed by atoms with van der Waals surface area (Å²) in [5.41, 5.74) is 1.24. The topological polar surface area (TPSA) is 62.2 Å². The SMILES string of the molecule is O=C(Nc1cccc(Cl)c1)c1ncccc1C#CCO. The van der Waals surface area contributed by atoms with Crippen molar-refractivity contribution >= 4 is 23.2 Å². The smallest absolute Gasteiger partial charge is 0.275 e. The highest BCUT2D eigenvalue weighted by Crippen LogP contribution is 2.16. The van der Waals surface area contributed by atoms with E-state index >= 15 is 0 Å². The number of aliphatic hydroxyl groups is 1. The van der Waals surface area contributed by atoms with Crippen molar-refractivity contribution < 1.29 is 9.90 Å². The Hall–Kier alpha value is -2.35. The summed E-state index contributed by atoms with van der Waals surface area (Å²) in [6, 6.07) is 10.2. The lowest BCUT2D eigenvalue weighted by Crippen LogP contribution is -2.15. The van der Waals surface area contributed by atoms with E-state index in [1.54, 1.807) is 36.4 Å². The fourth-order valence-corrected chi connectivity index (χ4v) is 1.77. The Morgan fingerprint density at radius 1 is 1.35 bits per heavy atom. The molecule has 0 saturated carbocycles. The number of anilines is 1. The molecule has 0 saturated heterocycles. The zero-order valence-electron chi connectivity index (χ0n) is 10.4. The predicted octanol–water partition coefficient (Wildman–Crippen LogP) is 2.33. The molecule has 2 rings (SSSR count). The third-order valence-corrected chi connectivity index (χ3v) is 2.64. The van der Waals surface area contributed by atoms with Gasteiger partial charge in [-0.25, -0.2) is 4.98 Å². The fourth-order valence-electron chi connectivity index (χ4n) is 1.58. The van der Waals surface area contributed by atoms with Crippen LogP contribution in [0.4, 0.5) is 5.69 Å². The van der Waals surface area contributed by atoms with Crippen molar-refractivity contribution in [2.75, 3.05) is 11.9 Å². The molecule has 1 aromatic heterocycles. The van der Waals surface area contributed by atoms with E-state index in [9.17, 15) is 4.79 Å². The number of rotatable bonds is 2. The molecule has 20 heavy (non-hydrogen) atoms. The Morgan fingerprint density at radius 3 is 2.95 bits per heavy atom. The highest BCUT2D eigenvalue weighted by Gasteiger charge is 2.11. The highest BCUT2D eigenvalue weighted by molar-refractivity contribution is 6.30. The van der Waals surface area contributed by atoms with E-state index in [1.807, 2.05) is 0 Å². The zero-order valence-corrected chi connectivity index (χ0v) is 11.2. The molecule has 0 spiro atoms. The number of hydrogen-bond donors (Lipinski definition) is 2. The first-order valence-electron chi connectivity index (χ1n) is 5.82. The van der Waals surface area contributed by atoms with Crippen LogP contribution in [-0.4, -0.2) is 22.6 Å². The van der Waals surface area contributed by atoms with Gasteiger partial charge in [-0.1, -0.05) is 29.5 Å². The van der Waals surface area contributed by atoms with Gasteiger partial charge in [0.2, 0.25) is 0 Å². The third kappa shape index (κ3) is 3.58. The number of hydrogen-bond acceptors (Lipinski definition) is 3. The van der Waals surface area contributed by atoms with Gasteiger partial charge in [0.15, 0.2) is 0 Å². The van der Waals surface area contributed by atoms with E-state index in [4.69, 9.17) is 16.7 Å². The fraction of sp³-hybridized carbons (Fsp3) is 0.0667. The first-order chi connectivity index (χ1) is 9.70. The summed E-state index contributed by atoms with van der Waals surface area (Å²) in [5, 5.41) is 11.9. The van der Waals surface area contributed by atoms with Crippen LogP contribution >= 0.6 is 11.6 Å². The van der Waals surface area contributed by atoms with Gasteiger partial charge < -0.3 is 10.4 Å². The number of nitrogens with zero attached hydrogens (tertiary/aromatic N) is 1. The molecule has 2 aromatic rings. The van der Waals surface area contributed by atoms with Crippen LogP contribution in [0.1, 0.15) is 16.1 Å². The zero-order chi connectivity index (χ0) is 14.4. The molecule has 0 atom stereocenters. The number of halogens is 1. The van der Waals surface area contributed by atoms with Gasteiger partial charge in [0.25, 0.3) is 5.91 Å². The number of nitrogens with one attached hydrogen (secondary N) is 1. The number of carbonyl (C=O) groups is 1. The summed E-state index contributed by atoms with van der Waals surface area (Å²) in [6.07, 6.45) is 1.51. The number of carbonyl (C=O) groups excluding carboxylic acids is 1. The van der Waals surface area contributed by atoms with E-state index in [0.29, 0.717) is 16.3 Å². The third-order valence-electron chi connectivity index (χ3n) is 2.41. The van der Waals surface area contributed by atoms with E-state index < -0.39 is 0 Å². The Morgan fingerprint density at radius 2 is 2.20 bits per heavy atom. The molecule has 5 heteroatoms. The van der Waals surface area contributed by atoms with Crippen LogP contribution < -0.4 is 5.32 Å². The summed E-state index contributed by atoms with van der Waals surface area (Å²) in [7, 11) is 0. The second-order valence-electron chi connectivity index (χ2n) is 3.82. The summed E-state index contributed by atoms with van der Waals surface area (Å²) in [6.45, 7) is -0.274. The van der Waals surface area contributed by atoms with Crippen molar-refractivity contribution in [1.82, 2.24) is 4.98 Å². The molecule has 4 nitrogen and oxygen atoms in total. The average molecular weight is 287 g/mol. The number of aromatic nitrogens is 1. The second kappa shape index (κ2) is 6.71. The van der Waals surface area contributed by atoms with Gasteiger partial charge in [-0.3, -0.25) is 4.79 Å². The van der Waals surface area contributed by atoms with Crippen LogP contribution in [0.15, 0.2) is 42.6 Å². The van der Waals surface area contributed by atoms with Crippen LogP contribution in [0, 0.1) is 11.8 Å². The Kier molecular flexibility index (Phi) is 4.72. The first kappa shape index (κ1) is 14.1. The average Bonchev–Trinajstić information content (AvgIpc) is 2.45. The van der Waals surface area contributed by atoms with Crippen LogP contribution in [-0.2, 0) is 0 Å². The predicted molar refractivity (Wildman–Crippen MR) is 77.6 cm³/mol. The molecule has 0 aliphatic rings. The molecule has 1 aromatic carbocycles. The molecule has 0 fully saturated rings. The molecule has 1 heterocycles. The molecule has 1 amide bonds. The van der Waals surface area contributed by atoms with E-state index in [0.717, 1.165) is 0 Å². The van der Waals surface area contributed by atoms with Crippen molar-refractivity contribution in [3.8, 4) is 11.8 Å². The minimum atomic E-state index is -0.380. The minimum Gasteiger partial charge on any atom is -0.384 e. The first-order valence-corrected chi connectivity index (χ1v) is 6.20. The lowest BCUT2D eigenvalue weighted by atomic mass is 10.2. The van der Waals surface area contributed by atoms with Crippen LogP contribution in [0.3, 0.4) is 0 Å². The van der Waals surface area contributed by atoms with E-state index in [1.165, 1.54) is 6.20 Å². The Bertz CT molecular complexity index is 690. The normalized spacial score (nSPS) is 9.50. The van der Waals surface area contributed by atoms with Gasteiger partial charge in [0.1, 0.15) is 12.3 Å². The summed E-state index contributed by atoms with van der Waals surface area (Å²) >= 11 is 5.86. The Balaban J connectivity index is 2.25. The molecule has 100 valence electrons. The summed E-state index contributed by atoms with van der Waals surface area (Å²) in [5.74, 6) is 4.81. The molecule has 0 aliphatic carbocycles. The monoisotopic (exact) mass is 286 g/mol.